The number of nitrogens with zero attached hydrogens (tertiary/aromatic N) is 3. The number of nitrogens with one attached hydrogen (secondary N) is 2. The molecule has 1 aliphatic heterocycles. The van der Waals surface area contributed by atoms with E-state index in [1.165, 1.54) is 5.69 Å². The Morgan fingerprint density at radius 1 is 1.48 bits per heavy atom. The van der Waals surface area contributed by atoms with Gasteiger partial charge in [-0.25, -0.2) is 4.98 Å². The quantitative estimate of drug-likeness (QED) is 0.772. The van der Waals surface area contributed by atoms with Crippen LogP contribution in [0.3, 0.4) is 0 Å². The number of H-pyrrole nitrogens is 2. The largest absolute Gasteiger partial charge is 0.472 e. The van der Waals surface area contributed by atoms with Crippen LogP contribution in [-0.4, -0.2) is 31.6 Å². The number of aryl methyl sites for hydroxylation is 1. The zero-order valence-corrected chi connectivity index (χ0v) is 11.8. The van der Waals surface area contributed by atoms with Crippen molar-refractivity contribution < 1.29 is 4.42 Å². The second-order valence-electron chi connectivity index (χ2n) is 5.49. The maximum Gasteiger partial charge on any atom is 0.0954 e. The summed E-state index contributed by atoms with van der Waals surface area (Å²) in [4.78, 5) is 10.2. The highest BCUT2D eigenvalue weighted by atomic mass is 16.3. The number of hydrogen-bond acceptors (Lipinski definition) is 4. The molecule has 6 heteroatoms. The van der Waals surface area contributed by atoms with Crippen molar-refractivity contribution in [2.24, 2.45) is 0 Å². The maximum atomic E-state index is 5.28. The molecule has 0 saturated carbocycles. The number of fused-ring (bicyclic) bond motifs is 1. The molecule has 21 heavy (non-hydrogen) atoms. The Labute approximate surface area is 122 Å². The van der Waals surface area contributed by atoms with E-state index in [9.17, 15) is 0 Å². The molecule has 3 aromatic heterocycles. The first kappa shape index (κ1) is 12.4. The smallest absolute Gasteiger partial charge is 0.0954 e. The van der Waals surface area contributed by atoms with Crippen LogP contribution in [0.4, 0.5) is 0 Å². The maximum absolute atomic E-state index is 5.28. The molecule has 1 atom stereocenters. The third kappa shape index (κ3) is 2.17. The number of hydrogen-bond donors (Lipinski definition) is 2. The van der Waals surface area contributed by atoms with Gasteiger partial charge in [0.25, 0.3) is 0 Å². The molecular formula is C15H17N5O. The van der Waals surface area contributed by atoms with E-state index in [-0.39, 0.29) is 6.04 Å². The third-order valence-corrected chi connectivity index (χ3v) is 4.01. The summed E-state index contributed by atoms with van der Waals surface area (Å²) in [5.74, 6) is 0. The van der Waals surface area contributed by atoms with Gasteiger partial charge < -0.3 is 9.40 Å². The van der Waals surface area contributed by atoms with Crippen molar-refractivity contribution in [2.45, 2.75) is 25.9 Å². The average Bonchev–Trinajstić information content (AvgIpc) is 3.20. The summed E-state index contributed by atoms with van der Waals surface area (Å²) in [5, 5.41) is 7.36. The van der Waals surface area contributed by atoms with Crippen LogP contribution in [0, 0.1) is 6.92 Å². The minimum atomic E-state index is 0.121. The van der Waals surface area contributed by atoms with Crippen LogP contribution < -0.4 is 0 Å². The highest BCUT2D eigenvalue weighted by molar-refractivity contribution is 5.30. The molecule has 0 spiro atoms. The first-order chi connectivity index (χ1) is 10.3. The topological polar surface area (TPSA) is 73.7 Å². The van der Waals surface area contributed by atoms with Crippen LogP contribution in [0.15, 0.2) is 35.4 Å². The van der Waals surface area contributed by atoms with Crippen molar-refractivity contribution in [3.63, 3.8) is 0 Å². The van der Waals surface area contributed by atoms with Crippen molar-refractivity contribution in [1.82, 2.24) is 25.1 Å². The Hall–Kier alpha value is -2.34. The Morgan fingerprint density at radius 3 is 3.19 bits per heavy atom. The fourth-order valence-electron chi connectivity index (χ4n) is 3.06. The van der Waals surface area contributed by atoms with Gasteiger partial charge in [0.1, 0.15) is 0 Å². The van der Waals surface area contributed by atoms with Crippen LogP contribution in [0.2, 0.25) is 0 Å². The first-order valence-corrected chi connectivity index (χ1v) is 7.10. The molecule has 0 saturated heterocycles. The van der Waals surface area contributed by atoms with E-state index in [1.807, 2.05) is 13.0 Å². The van der Waals surface area contributed by atoms with Crippen molar-refractivity contribution >= 4 is 0 Å². The fraction of sp³-hybridized carbons (Fsp3) is 0.333. The van der Waals surface area contributed by atoms with Gasteiger partial charge in [-0.3, -0.25) is 10.00 Å². The molecule has 0 aromatic carbocycles. The van der Waals surface area contributed by atoms with E-state index in [0.29, 0.717) is 0 Å². The second kappa shape index (κ2) is 4.89. The molecule has 0 unspecified atom stereocenters. The van der Waals surface area contributed by atoms with E-state index in [0.717, 1.165) is 42.2 Å². The van der Waals surface area contributed by atoms with Crippen LogP contribution >= 0.6 is 0 Å². The van der Waals surface area contributed by atoms with Crippen molar-refractivity contribution in [3.8, 4) is 0 Å². The Balaban J connectivity index is 1.69. The predicted octanol–water partition coefficient (Wildman–Crippen LogP) is 2.18. The third-order valence-electron chi connectivity index (χ3n) is 4.01. The highest BCUT2D eigenvalue weighted by Crippen LogP contribution is 2.34. The monoisotopic (exact) mass is 283 g/mol. The standard InChI is InChI=1S/C15H17N5O/c1-10-6-12(19-18-10)7-20-4-2-13-14(17-9-16-13)15(20)11-3-5-21-8-11/h3,5-6,8-9,15H,2,4,7H2,1H3,(H,16,17)(H,18,19)/t15-/m0/s1. The zero-order chi connectivity index (χ0) is 14.2. The van der Waals surface area contributed by atoms with E-state index in [2.05, 4.69) is 31.1 Å². The highest BCUT2D eigenvalue weighted by Gasteiger charge is 2.31. The summed E-state index contributed by atoms with van der Waals surface area (Å²) in [7, 11) is 0. The molecule has 0 bridgehead atoms. The summed E-state index contributed by atoms with van der Waals surface area (Å²) in [6, 6.07) is 4.22. The molecule has 4 rings (SSSR count). The molecule has 0 radical (unpaired) electrons. The summed E-state index contributed by atoms with van der Waals surface area (Å²) in [6.07, 6.45) is 6.28. The number of furan rings is 1. The van der Waals surface area contributed by atoms with Crippen LogP contribution in [0.5, 0.6) is 0 Å². The number of aromatic amines is 2. The number of rotatable bonds is 3. The number of aromatic nitrogens is 4. The lowest BCUT2D eigenvalue weighted by molar-refractivity contribution is 0.197. The lowest BCUT2D eigenvalue weighted by Crippen LogP contribution is -2.35. The molecule has 108 valence electrons. The van der Waals surface area contributed by atoms with E-state index in [4.69, 9.17) is 4.42 Å². The predicted molar refractivity (Wildman–Crippen MR) is 76.6 cm³/mol. The minimum absolute atomic E-state index is 0.121. The van der Waals surface area contributed by atoms with Gasteiger partial charge in [0.05, 0.1) is 36.3 Å². The van der Waals surface area contributed by atoms with E-state index in [1.54, 1.807) is 18.9 Å². The van der Waals surface area contributed by atoms with Crippen LogP contribution in [-0.2, 0) is 13.0 Å². The van der Waals surface area contributed by atoms with Gasteiger partial charge in [0.15, 0.2) is 0 Å². The Morgan fingerprint density at radius 2 is 2.43 bits per heavy atom. The first-order valence-electron chi connectivity index (χ1n) is 7.10. The lowest BCUT2D eigenvalue weighted by Gasteiger charge is -2.33. The van der Waals surface area contributed by atoms with Crippen molar-refractivity contribution in [3.05, 3.63) is 59.3 Å². The summed E-state index contributed by atoms with van der Waals surface area (Å²) in [5.41, 5.74) is 5.59. The van der Waals surface area contributed by atoms with Gasteiger partial charge in [-0.05, 0) is 19.1 Å². The molecule has 0 aliphatic carbocycles. The molecule has 0 fully saturated rings. The Bertz CT molecular complexity index is 727. The minimum Gasteiger partial charge on any atom is -0.472 e. The van der Waals surface area contributed by atoms with E-state index < -0.39 is 0 Å². The molecule has 1 aliphatic rings. The average molecular weight is 283 g/mol. The van der Waals surface area contributed by atoms with Gasteiger partial charge in [-0.1, -0.05) is 0 Å². The normalized spacial score (nSPS) is 18.8. The molecular weight excluding hydrogens is 266 g/mol. The summed E-state index contributed by atoms with van der Waals surface area (Å²) >= 11 is 0. The van der Waals surface area contributed by atoms with Gasteiger partial charge in [-0.2, -0.15) is 5.10 Å². The summed E-state index contributed by atoms with van der Waals surface area (Å²) < 4.78 is 5.28. The van der Waals surface area contributed by atoms with Crippen molar-refractivity contribution in [1.29, 1.82) is 0 Å². The zero-order valence-electron chi connectivity index (χ0n) is 11.8. The fourth-order valence-corrected chi connectivity index (χ4v) is 3.06. The number of imidazole rings is 1. The van der Waals surface area contributed by atoms with Gasteiger partial charge in [-0.15, -0.1) is 0 Å². The van der Waals surface area contributed by atoms with Crippen LogP contribution in [0.1, 0.15) is 34.4 Å². The molecule has 2 N–H and O–H groups in total. The lowest BCUT2D eigenvalue weighted by atomic mass is 9.97. The van der Waals surface area contributed by atoms with Crippen LogP contribution in [0.25, 0.3) is 0 Å². The Kier molecular flexibility index (Phi) is 2.89. The SMILES string of the molecule is Cc1cc(CN2CCc3[nH]cnc3[C@@H]2c2ccoc2)n[nH]1. The molecule has 4 heterocycles. The second-order valence-corrected chi connectivity index (χ2v) is 5.49. The van der Waals surface area contributed by atoms with Gasteiger partial charge in [0, 0.05) is 36.5 Å². The molecule has 6 nitrogen and oxygen atoms in total. The van der Waals surface area contributed by atoms with Gasteiger partial charge >= 0.3 is 0 Å². The molecule has 3 aromatic rings. The van der Waals surface area contributed by atoms with Gasteiger partial charge in [0.2, 0.25) is 0 Å². The molecule has 0 amide bonds. The van der Waals surface area contributed by atoms with Crippen molar-refractivity contribution in [2.75, 3.05) is 6.54 Å². The van der Waals surface area contributed by atoms with E-state index >= 15 is 0 Å². The summed E-state index contributed by atoms with van der Waals surface area (Å²) in [6.45, 7) is 3.79.